The zero-order chi connectivity index (χ0) is 16.0. The summed E-state index contributed by atoms with van der Waals surface area (Å²) in [6, 6.07) is 0. The first kappa shape index (κ1) is 22.2. The minimum absolute atomic E-state index is 0. The Morgan fingerprint density at radius 3 is 2.14 bits per heavy atom. The van der Waals surface area contributed by atoms with Crippen LogP contribution in [-0.2, 0) is 9.59 Å². The molecule has 0 fully saturated rings. The number of carbonyl (C=O) groups is 2. The molecule has 0 aromatic carbocycles. The van der Waals surface area contributed by atoms with E-state index in [1.807, 2.05) is 13.8 Å². The van der Waals surface area contributed by atoms with Crippen molar-refractivity contribution in [3.63, 3.8) is 0 Å². The van der Waals surface area contributed by atoms with E-state index in [2.05, 4.69) is 31.3 Å². The molecule has 2 amide bonds. The molecule has 0 aromatic rings. The molecule has 6 heteroatoms. The summed E-state index contributed by atoms with van der Waals surface area (Å²) in [6.07, 6.45) is 1.36. The predicted molar refractivity (Wildman–Crippen MR) is 82.2 cm³/mol. The molecule has 0 spiro atoms. The van der Waals surface area contributed by atoms with E-state index in [1.165, 1.54) is 0 Å². The van der Waals surface area contributed by atoms with E-state index in [0.29, 0.717) is 12.0 Å². The van der Waals surface area contributed by atoms with Gasteiger partial charge in [0.05, 0.1) is 33.6 Å². The SMILES string of the molecule is C=C(C)C(=O)NC(C)(C)CC[N+](C)(C)CCC(=O)NC.[Cl-]. The minimum atomic E-state index is -0.279. The largest absolute Gasteiger partial charge is 1.00 e. The first-order chi connectivity index (χ1) is 8.99. The second-order valence-corrected chi connectivity index (χ2v) is 6.67. The molecule has 0 saturated heterocycles. The molecule has 21 heavy (non-hydrogen) atoms. The number of rotatable bonds is 8. The molecule has 0 unspecified atom stereocenters. The van der Waals surface area contributed by atoms with E-state index in [-0.39, 0.29) is 29.8 Å². The number of nitrogens with one attached hydrogen (secondary N) is 2. The number of quaternary nitrogens is 1. The molecular weight excluding hydrogens is 290 g/mol. The lowest BCUT2D eigenvalue weighted by Gasteiger charge is -2.34. The number of carbonyl (C=O) groups excluding carboxylic acids is 2. The standard InChI is InChI=1S/C15H29N3O2.ClH/c1-12(2)14(20)17-15(3,4)9-11-18(6,7)10-8-13(19)16-5;/h1,8-11H2,2-7H3,(H-,16,17,19,20);1H. The monoisotopic (exact) mass is 319 g/mol. The Morgan fingerprint density at radius 2 is 1.71 bits per heavy atom. The fourth-order valence-electron chi connectivity index (χ4n) is 1.70. The van der Waals surface area contributed by atoms with Crippen molar-refractivity contribution < 1.29 is 26.5 Å². The lowest BCUT2D eigenvalue weighted by Crippen LogP contribution is -3.00. The van der Waals surface area contributed by atoms with Crippen molar-refractivity contribution in [2.45, 2.75) is 39.2 Å². The average molecular weight is 320 g/mol. The van der Waals surface area contributed by atoms with E-state index >= 15 is 0 Å². The summed E-state index contributed by atoms with van der Waals surface area (Å²) in [7, 11) is 5.85. The molecule has 0 rings (SSSR count). The molecule has 124 valence electrons. The van der Waals surface area contributed by atoms with Gasteiger partial charge in [-0.2, -0.15) is 0 Å². The summed E-state index contributed by atoms with van der Waals surface area (Å²) >= 11 is 0. The highest BCUT2D eigenvalue weighted by molar-refractivity contribution is 5.92. The Labute approximate surface area is 135 Å². The van der Waals surface area contributed by atoms with Gasteiger partial charge in [0, 0.05) is 24.6 Å². The van der Waals surface area contributed by atoms with Crippen LogP contribution in [0.25, 0.3) is 0 Å². The molecule has 0 bridgehead atoms. The quantitative estimate of drug-likeness (QED) is 0.404. The number of hydrogen-bond donors (Lipinski definition) is 2. The molecule has 2 N–H and O–H groups in total. The van der Waals surface area contributed by atoms with Crippen LogP contribution in [0.4, 0.5) is 0 Å². The van der Waals surface area contributed by atoms with Crippen molar-refractivity contribution in [2.24, 2.45) is 0 Å². The first-order valence-electron chi connectivity index (χ1n) is 7.00. The van der Waals surface area contributed by atoms with Crippen molar-refractivity contribution in [3.8, 4) is 0 Å². The maximum atomic E-state index is 11.7. The van der Waals surface area contributed by atoms with Gasteiger partial charge in [-0.25, -0.2) is 0 Å². The molecular formula is C15H30ClN3O2. The maximum absolute atomic E-state index is 11.7. The highest BCUT2D eigenvalue weighted by Crippen LogP contribution is 2.13. The maximum Gasteiger partial charge on any atom is 0.246 e. The molecule has 0 aliphatic heterocycles. The Morgan fingerprint density at radius 1 is 1.19 bits per heavy atom. The van der Waals surface area contributed by atoms with Crippen molar-refractivity contribution in [3.05, 3.63) is 12.2 Å². The van der Waals surface area contributed by atoms with Crippen LogP contribution in [0.3, 0.4) is 0 Å². The summed E-state index contributed by atoms with van der Waals surface area (Å²) in [6.45, 7) is 11.0. The molecule has 0 atom stereocenters. The van der Waals surface area contributed by atoms with Crippen LogP contribution < -0.4 is 23.0 Å². The van der Waals surface area contributed by atoms with Gasteiger partial charge in [0.1, 0.15) is 0 Å². The fraction of sp³-hybridized carbons (Fsp3) is 0.733. The topological polar surface area (TPSA) is 58.2 Å². The van der Waals surface area contributed by atoms with Crippen LogP contribution in [0.5, 0.6) is 0 Å². The third-order valence-corrected chi connectivity index (χ3v) is 3.40. The summed E-state index contributed by atoms with van der Waals surface area (Å²) in [5.41, 5.74) is 0.241. The summed E-state index contributed by atoms with van der Waals surface area (Å²) in [5, 5.41) is 5.61. The molecule has 0 aliphatic rings. The van der Waals surface area contributed by atoms with Crippen molar-refractivity contribution >= 4 is 11.8 Å². The molecule has 0 radical (unpaired) electrons. The summed E-state index contributed by atoms with van der Waals surface area (Å²) in [5.74, 6) is -0.0447. The van der Waals surface area contributed by atoms with Gasteiger partial charge in [-0.3, -0.25) is 9.59 Å². The van der Waals surface area contributed by atoms with Gasteiger partial charge in [-0.05, 0) is 20.8 Å². The van der Waals surface area contributed by atoms with E-state index in [4.69, 9.17) is 0 Å². The fourth-order valence-corrected chi connectivity index (χ4v) is 1.70. The van der Waals surface area contributed by atoms with Crippen molar-refractivity contribution in [1.82, 2.24) is 10.6 Å². The van der Waals surface area contributed by atoms with Gasteiger partial charge in [-0.1, -0.05) is 6.58 Å². The lowest BCUT2D eigenvalue weighted by molar-refractivity contribution is -0.890. The van der Waals surface area contributed by atoms with E-state index < -0.39 is 0 Å². The second kappa shape index (κ2) is 9.05. The number of hydrogen-bond acceptors (Lipinski definition) is 2. The van der Waals surface area contributed by atoms with E-state index in [1.54, 1.807) is 14.0 Å². The molecule has 0 aliphatic carbocycles. The van der Waals surface area contributed by atoms with Gasteiger partial charge in [0.25, 0.3) is 0 Å². The smallest absolute Gasteiger partial charge is 0.246 e. The highest BCUT2D eigenvalue weighted by atomic mass is 35.5. The van der Waals surface area contributed by atoms with Crippen molar-refractivity contribution in [1.29, 1.82) is 0 Å². The van der Waals surface area contributed by atoms with Gasteiger partial charge in [-0.15, -0.1) is 0 Å². The van der Waals surface area contributed by atoms with Crippen LogP contribution in [0, 0.1) is 0 Å². The van der Waals surface area contributed by atoms with Crippen LogP contribution in [0.15, 0.2) is 12.2 Å². The van der Waals surface area contributed by atoms with Crippen LogP contribution >= 0.6 is 0 Å². The predicted octanol–water partition coefficient (Wildman–Crippen LogP) is -1.94. The molecule has 0 saturated carbocycles. The van der Waals surface area contributed by atoms with Crippen LogP contribution in [-0.4, -0.2) is 56.1 Å². The minimum Gasteiger partial charge on any atom is -1.00 e. The molecule has 0 aromatic heterocycles. The second-order valence-electron chi connectivity index (χ2n) is 6.67. The van der Waals surface area contributed by atoms with Gasteiger partial charge in [0.2, 0.25) is 11.8 Å². The van der Waals surface area contributed by atoms with Gasteiger partial charge < -0.3 is 27.5 Å². The molecule has 5 nitrogen and oxygen atoms in total. The number of nitrogens with zero attached hydrogens (tertiary/aromatic N) is 1. The normalized spacial score (nSPS) is 11.3. The number of amides is 2. The average Bonchev–Trinajstić information content (AvgIpc) is 2.33. The van der Waals surface area contributed by atoms with E-state index in [0.717, 1.165) is 24.0 Å². The van der Waals surface area contributed by atoms with Gasteiger partial charge in [0.15, 0.2) is 0 Å². The Bertz CT molecular complexity index is 379. The molecule has 0 heterocycles. The summed E-state index contributed by atoms with van der Waals surface area (Å²) < 4.78 is 0.750. The van der Waals surface area contributed by atoms with Crippen LogP contribution in [0.1, 0.15) is 33.6 Å². The summed E-state index contributed by atoms with van der Waals surface area (Å²) in [4.78, 5) is 23.0. The third kappa shape index (κ3) is 10.3. The zero-order valence-corrected chi connectivity index (χ0v) is 14.9. The Balaban J connectivity index is 0. The first-order valence-corrected chi connectivity index (χ1v) is 7.00. The zero-order valence-electron chi connectivity index (χ0n) is 14.2. The highest BCUT2D eigenvalue weighted by Gasteiger charge is 2.25. The Kier molecular flexibility index (Phi) is 9.57. The number of halogens is 1. The lowest BCUT2D eigenvalue weighted by atomic mass is 9.99. The van der Waals surface area contributed by atoms with Gasteiger partial charge >= 0.3 is 0 Å². The van der Waals surface area contributed by atoms with Crippen molar-refractivity contribution in [2.75, 3.05) is 34.2 Å². The van der Waals surface area contributed by atoms with Crippen LogP contribution in [0.2, 0.25) is 0 Å². The third-order valence-electron chi connectivity index (χ3n) is 3.40. The van der Waals surface area contributed by atoms with E-state index in [9.17, 15) is 9.59 Å². The Hall–Kier alpha value is -1.07.